The molecule has 0 unspecified atom stereocenters. The number of carbonyl (C=O) groups is 1. The first-order valence-electron chi connectivity index (χ1n) is 5.40. The molecule has 88 valence electrons. The Balaban J connectivity index is 3.98. The molecule has 15 heavy (non-hydrogen) atoms. The van der Waals surface area contributed by atoms with E-state index in [9.17, 15) is 4.79 Å². The third-order valence-electron chi connectivity index (χ3n) is 2.07. The molecule has 0 aliphatic heterocycles. The van der Waals surface area contributed by atoms with Crippen molar-refractivity contribution < 1.29 is 4.79 Å². The molecule has 0 aromatic heterocycles. The minimum atomic E-state index is 0.0667. The van der Waals surface area contributed by atoms with Gasteiger partial charge in [-0.1, -0.05) is 46.8 Å². The summed E-state index contributed by atoms with van der Waals surface area (Å²) >= 11 is 1.91. The van der Waals surface area contributed by atoms with E-state index in [0.29, 0.717) is 6.42 Å². The fourth-order valence-electron chi connectivity index (χ4n) is 1.34. The summed E-state index contributed by atoms with van der Waals surface area (Å²) in [7, 11) is 0. The molecule has 0 bridgehead atoms. The maximum absolute atomic E-state index is 10.5. The van der Waals surface area contributed by atoms with Gasteiger partial charge in [0.15, 0.2) is 0 Å². The second-order valence-electron chi connectivity index (χ2n) is 5.86. The number of rotatable bonds is 6. The van der Waals surface area contributed by atoms with Crippen LogP contribution < -0.4 is 0 Å². The first-order chi connectivity index (χ1) is 6.66. The number of carbonyl (C=O) groups excluding carboxylic acids is 1. The summed E-state index contributed by atoms with van der Waals surface area (Å²) in [5.74, 6) is 0.992. The lowest BCUT2D eigenvalue weighted by molar-refractivity contribution is -0.109. The number of hydrogen-bond donors (Lipinski definition) is 0. The summed E-state index contributed by atoms with van der Waals surface area (Å²) in [4.78, 5) is 10.5. The van der Waals surface area contributed by atoms with E-state index in [0.717, 1.165) is 18.5 Å². The first kappa shape index (κ1) is 14.8. The lowest BCUT2D eigenvalue weighted by Gasteiger charge is -2.25. The van der Waals surface area contributed by atoms with Gasteiger partial charge in [0.2, 0.25) is 0 Å². The number of thioether (sulfide) groups is 1. The quantitative estimate of drug-likeness (QED) is 0.503. The molecule has 0 amide bonds. The molecule has 0 spiro atoms. The molecule has 0 saturated carbocycles. The van der Waals surface area contributed by atoms with Gasteiger partial charge in [-0.15, -0.1) is 0 Å². The summed E-state index contributed by atoms with van der Waals surface area (Å²) < 4.78 is 0.289. The van der Waals surface area contributed by atoms with Gasteiger partial charge in [-0.05, 0) is 11.8 Å². The summed E-state index contributed by atoms with van der Waals surface area (Å²) in [5.41, 5.74) is 1.30. The molecule has 0 N–H and O–H groups in total. The van der Waals surface area contributed by atoms with Crippen LogP contribution >= 0.6 is 11.8 Å². The van der Waals surface area contributed by atoms with Crippen LogP contribution in [-0.2, 0) is 4.79 Å². The van der Waals surface area contributed by atoms with E-state index in [1.54, 1.807) is 0 Å². The van der Waals surface area contributed by atoms with Crippen molar-refractivity contribution in [2.24, 2.45) is 5.41 Å². The molecule has 0 rings (SSSR count). The van der Waals surface area contributed by atoms with Gasteiger partial charge in [0.25, 0.3) is 0 Å². The van der Waals surface area contributed by atoms with E-state index in [-0.39, 0.29) is 10.2 Å². The largest absolute Gasteiger partial charge is 0.303 e. The van der Waals surface area contributed by atoms with Gasteiger partial charge in [-0.25, -0.2) is 0 Å². The Morgan fingerprint density at radius 3 is 2.20 bits per heavy atom. The minimum Gasteiger partial charge on any atom is -0.303 e. The van der Waals surface area contributed by atoms with Crippen molar-refractivity contribution in [1.29, 1.82) is 0 Å². The molecule has 2 heteroatoms. The van der Waals surface area contributed by atoms with Gasteiger partial charge in [-0.2, -0.15) is 11.8 Å². The van der Waals surface area contributed by atoms with E-state index in [4.69, 9.17) is 0 Å². The van der Waals surface area contributed by atoms with Gasteiger partial charge in [-0.3, -0.25) is 0 Å². The smallest absolute Gasteiger partial charge is 0.120 e. The summed E-state index contributed by atoms with van der Waals surface area (Å²) in [6.07, 6.45) is 2.56. The molecule has 0 fully saturated rings. The zero-order chi connectivity index (χ0) is 12.1. The Kier molecular flexibility index (Phi) is 5.65. The van der Waals surface area contributed by atoms with Crippen LogP contribution in [0.3, 0.4) is 0 Å². The highest BCUT2D eigenvalue weighted by Gasteiger charge is 2.19. The lowest BCUT2D eigenvalue weighted by atomic mass is 9.84. The van der Waals surface area contributed by atoms with Crippen LogP contribution in [0.1, 0.15) is 47.5 Å². The predicted octanol–water partition coefficient (Wildman–Crippen LogP) is 4.08. The molecule has 0 atom stereocenters. The second kappa shape index (κ2) is 5.74. The third kappa shape index (κ3) is 8.73. The van der Waals surface area contributed by atoms with Crippen LogP contribution in [-0.4, -0.2) is 16.8 Å². The summed E-state index contributed by atoms with van der Waals surface area (Å²) in [6, 6.07) is 0. The zero-order valence-electron chi connectivity index (χ0n) is 10.7. The van der Waals surface area contributed by atoms with Crippen molar-refractivity contribution in [3.05, 3.63) is 12.2 Å². The summed E-state index contributed by atoms with van der Waals surface area (Å²) in [5, 5.41) is 0. The molecular weight excluding hydrogens is 204 g/mol. The van der Waals surface area contributed by atoms with Crippen LogP contribution in [0.2, 0.25) is 0 Å². The van der Waals surface area contributed by atoms with Crippen molar-refractivity contribution in [2.45, 2.75) is 52.2 Å². The summed E-state index contributed by atoms with van der Waals surface area (Å²) in [6.45, 7) is 15.0. The topological polar surface area (TPSA) is 17.1 Å². The van der Waals surface area contributed by atoms with Crippen LogP contribution in [0.15, 0.2) is 12.2 Å². The van der Waals surface area contributed by atoms with E-state index in [2.05, 4.69) is 41.2 Å². The standard InChI is InChI=1S/C13H24OS/c1-11(10-15-12(2,3)4)9-13(5,6)7-8-14/h8H,1,7,9-10H2,2-6H3. The molecule has 0 aliphatic carbocycles. The zero-order valence-corrected chi connectivity index (χ0v) is 11.5. The first-order valence-corrected chi connectivity index (χ1v) is 6.39. The SMILES string of the molecule is C=C(CSC(C)(C)C)CC(C)(C)CC=O. The normalized spacial score (nSPS) is 12.6. The van der Waals surface area contributed by atoms with Gasteiger partial charge >= 0.3 is 0 Å². The highest BCUT2D eigenvalue weighted by molar-refractivity contribution is 8.00. The molecular formula is C13H24OS. The monoisotopic (exact) mass is 228 g/mol. The molecule has 0 aromatic rings. The minimum absolute atomic E-state index is 0.0667. The maximum Gasteiger partial charge on any atom is 0.120 e. The van der Waals surface area contributed by atoms with Crippen molar-refractivity contribution in [3.63, 3.8) is 0 Å². The Morgan fingerprint density at radius 1 is 1.27 bits per heavy atom. The highest BCUT2D eigenvalue weighted by atomic mass is 32.2. The molecule has 0 radical (unpaired) electrons. The Labute approximate surface area is 98.7 Å². The van der Waals surface area contributed by atoms with Crippen molar-refractivity contribution in [1.82, 2.24) is 0 Å². The fourth-order valence-corrected chi connectivity index (χ4v) is 2.08. The highest BCUT2D eigenvalue weighted by Crippen LogP contribution is 2.31. The average molecular weight is 228 g/mol. The van der Waals surface area contributed by atoms with Crippen LogP contribution in [0.25, 0.3) is 0 Å². The van der Waals surface area contributed by atoms with Gasteiger partial charge < -0.3 is 4.79 Å². The van der Waals surface area contributed by atoms with Crippen LogP contribution in [0, 0.1) is 5.41 Å². The van der Waals surface area contributed by atoms with Crippen LogP contribution in [0.4, 0.5) is 0 Å². The van der Waals surface area contributed by atoms with Crippen molar-refractivity contribution in [2.75, 3.05) is 5.75 Å². The van der Waals surface area contributed by atoms with E-state index < -0.39 is 0 Å². The predicted molar refractivity (Wildman–Crippen MR) is 70.4 cm³/mol. The molecule has 0 heterocycles. The molecule has 0 aliphatic rings. The van der Waals surface area contributed by atoms with E-state index in [1.165, 1.54) is 5.57 Å². The fraction of sp³-hybridized carbons (Fsp3) is 0.769. The molecule has 0 saturated heterocycles. The lowest BCUT2D eigenvalue weighted by Crippen LogP contribution is -2.15. The van der Waals surface area contributed by atoms with Gasteiger partial charge in [0.05, 0.1) is 0 Å². The number of hydrogen-bond acceptors (Lipinski definition) is 2. The third-order valence-corrected chi connectivity index (χ3v) is 3.49. The Hall–Kier alpha value is -0.240. The second-order valence-corrected chi connectivity index (χ2v) is 7.66. The van der Waals surface area contributed by atoms with Gasteiger partial charge in [0, 0.05) is 16.9 Å². The molecule has 1 nitrogen and oxygen atoms in total. The van der Waals surface area contributed by atoms with E-state index >= 15 is 0 Å². The Bertz CT molecular complexity index is 223. The number of aldehydes is 1. The average Bonchev–Trinajstić information content (AvgIpc) is 1.98. The maximum atomic E-state index is 10.5. The van der Waals surface area contributed by atoms with Crippen molar-refractivity contribution in [3.8, 4) is 0 Å². The Morgan fingerprint density at radius 2 is 1.80 bits per heavy atom. The van der Waals surface area contributed by atoms with Crippen molar-refractivity contribution >= 4 is 18.0 Å². The van der Waals surface area contributed by atoms with Gasteiger partial charge in [0.1, 0.15) is 6.29 Å². The molecule has 0 aromatic carbocycles. The van der Waals surface area contributed by atoms with E-state index in [1.807, 2.05) is 11.8 Å². The van der Waals surface area contributed by atoms with Crippen LogP contribution in [0.5, 0.6) is 0 Å².